The Morgan fingerprint density at radius 3 is 2.68 bits per heavy atom. The number of likely N-dealkylation sites (tertiary alicyclic amines) is 1. The van der Waals surface area contributed by atoms with Crippen LogP contribution in [0, 0.1) is 12.8 Å². The van der Waals surface area contributed by atoms with Crippen LogP contribution in [0.2, 0.25) is 0 Å². The second-order valence-corrected chi connectivity index (χ2v) is 9.54. The summed E-state index contributed by atoms with van der Waals surface area (Å²) in [6.45, 7) is 11.8. The summed E-state index contributed by atoms with van der Waals surface area (Å²) in [5.41, 5.74) is 5.81. The Morgan fingerprint density at radius 1 is 1.19 bits per heavy atom. The highest BCUT2D eigenvalue weighted by Crippen LogP contribution is 2.29. The second kappa shape index (κ2) is 10.8. The lowest BCUT2D eigenvalue weighted by Gasteiger charge is -2.38. The second-order valence-electron chi connectivity index (χ2n) is 9.54. The molecule has 170 valence electrons. The van der Waals surface area contributed by atoms with Crippen LogP contribution < -0.4 is 0 Å². The van der Waals surface area contributed by atoms with Gasteiger partial charge in [0.2, 0.25) is 0 Å². The first kappa shape index (κ1) is 22.5. The number of rotatable bonds is 10. The standard InChI is InChI=1S/C26H40N4O/c1-4-11-30-21(2)25(17-27-30)20-28(13-14-31-3)18-22-8-7-12-29(19-22)26-15-23-9-5-6-10-24(23)16-26/h5-6,9-10,17,22,26H,4,7-8,11-16,18-20H2,1-3H3. The van der Waals surface area contributed by atoms with Gasteiger partial charge in [-0.1, -0.05) is 31.2 Å². The van der Waals surface area contributed by atoms with Gasteiger partial charge in [-0.3, -0.25) is 14.5 Å². The Bertz CT molecular complexity index is 808. The predicted molar refractivity (Wildman–Crippen MR) is 126 cm³/mol. The van der Waals surface area contributed by atoms with E-state index in [0.29, 0.717) is 6.04 Å². The third kappa shape index (κ3) is 5.57. The van der Waals surface area contributed by atoms with E-state index in [1.165, 1.54) is 50.0 Å². The van der Waals surface area contributed by atoms with Gasteiger partial charge < -0.3 is 4.74 Å². The Kier molecular flexibility index (Phi) is 7.81. The fourth-order valence-electron chi connectivity index (χ4n) is 5.51. The molecule has 2 aliphatic rings. The first-order valence-electron chi connectivity index (χ1n) is 12.2. The van der Waals surface area contributed by atoms with E-state index in [2.05, 4.69) is 63.9 Å². The van der Waals surface area contributed by atoms with E-state index >= 15 is 0 Å². The summed E-state index contributed by atoms with van der Waals surface area (Å²) in [6.07, 6.45) is 8.32. The number of ether oxygens (including phenoxy) is 1. The lowest BCUT2D eigenvalue weighted by atomic mass is 9.95. The van der Waals surface area contributed by atoms with E-state index in [1.807, 2.05) is 7.11 Å². The van der Waals surface area contributed by atoms with Crippen molar-refractivity contribution in [3.8, 4) is 0 Å². The molecule has 2 aromatic rings. The summed E-state index contributed by atoms with van der Waals surface area (Å²) in [6, 6.07) is 9.73. The number of hydrogen-bond acceptors (Lipinski definition) is 4. The van der Waals surface area contributed by atoms with E-state index in [-0.39, 0.29) is 0 Å². The fraction of sp³-hybridized carbons (Fsp3) is 0.654. The number of fused-ring (bicyclic) bond motifs is 1. The molecule has 2 heterocycles. The smallest absolute Gasteiger partial charge is 0.0589 e. The molecule has 1 atom stereocenters. The largest absolute Gasteiger partial charge is 0.383 e. The molecular formula is C26H40N4O. The van der Waals surface area contributed by atoms with E-state index in [4.69, 9.17) is 4.74 Å². The average Bonchev–Trinajstić information content (AvgIpc) is 3.37. The maximum absolute atomic E-state index is 5.44. The quantitative estimate of drug-likeness (QED) is 0.579. The Balaban J connectivity index is 1.36. The van der Waals surface area contributed by atoms with Gasteiger partial charge in [-0.25, -0.2) is 0 Å². The summed E-state index contributed by atoms with van der Waals surface area (Å²) >= 11 is 0. The third-order valence-corrected chi connectivity index (χ3v) is 7.26. The summed E-state index contributed by atoms with van der Waals surface area (Å²) in [5.74, 6) is 0.736. The molecule has 0 N–H and O–H groups in total. The summed E-state index contributed by atoms with van der Waals surface area (Å²) in [4.78, 5) is 5.38. The minimum absolute atomic E-state index is 0.696. The van der Waals surface area contributed by atoms with Crippen molar-refractivity contribution in [2.45, 2.75) is 65.1 Å². The maximum Gasteiger partial charge on any atom is 0.0589 e. The van der Waals surface area contributed by atoms with Crippen molar-refractivity contribution in [2.75, 3.05) is 39.9 Å². The van der Waals surface area contributed by atoms with Crippen molar-refractivity contribution in [2.24, 2.45) is 5.92 Å². The molecule has 1 saturated heterocycles. The molecule has 0 radical (unpaired) electrons. The Hall–Kier alpha value is -1.69. The van der Waals surface area contributed by atoms with Gasteiger partial charge in [0.25, 0.3) is 0 Å². The van der Waals surface area contributed by atoms with Gasteiger partial charge in [-0.15, -0.1) is 0 Å². The first-order valence-corrected chi connectivity index (χ1v) is 12.2. The van der Waals surface area contributed by atoms with Gasteiger partial charge in [0.05, 0.1) is 12.8 Å². The van der Waals surface area contributed by atoms with Crippen molar-refractivity contribution in [3.05, 3.63) is 52.8 Å². The summed E-state index contributed by atoms with van der Waals surface area (Å²) < 4.78 is 7.60. The molecule has 0 bridgehead atoms. The normalized spacial score (nSPS) is 19.9. The van der Waals surface area contributed by atoms with Crippen LogP contribution >= 0.6 is 0 Å². The molecule has 1 aliphatic carbocycles. The van der Waals surface area contributed by atoms with Crippen molar-refractivity contribution in [1.29, 1.82) is 0 Å². The molecule has 0 amide bonds. The number of aryl methyl sites for hydroxylation is 1. The molecule has 1 fully saturated rings. The van der Waals surface area contributed by atoms with Gasteiger partial charge in [0, 0.05) is 57.1 Å². The van der Waals surface area contributed by atoms with Crippen LogP contribution in [-0.4, -0.2) is 65.5 Å². The molecule has 1 aromatic heterocycles. The molecule has 1 aliphatic heterocycles. The van der Waals surface area contributed by atoms with Crippen LogP contribution in [-0.2, 0) is 30.7 Å². The molecule has 5 heteroatoms. The molecular weight excluding hydrogens is 384 g/mol. The zero-order chi connectivity index (χ0) is 21.6. The average molecular weight is 425 g/mol. The van der Waals surface area contributed by atoms with Crippen molar-refractivity contribution >= 4 is 0 Å². The van der Waals surface area contributed by atoms with Crippen molar-refractivity contribution < 1.29 is 4.74 Å². The van der Waals surface area contributed by atoms with Crippen LogP contribution in [0.1, 0.15) is 48.6 Å². The summed E-state index contributed by atoms with van der Waals surface area (Å²) in [5, 5.41) is 4.62. The van der Waals surface area contributed by atoms with Gasteiger partial charge in [0.1, 0.15) is 0 Å². The van der Waals surface area contributed by atoms with E-state index in [9.17, 15) is 0 Å². The number of methoxy groups -OCH3 is 1. The molecule has 31 heavy (non-hydrogen) atoms. The molecule has 5 nitrogen and oxygen atoms in total. The minimum Gasteiger partial charge on any atom is -0.383 e. The van der Waals surface area contributed by atoms with E-state index in [1.54, 1.807) is 11.1 Å². The predicted octanol–water partition coefficient (Wildman–Crippen LogP) is 3.93. The van der Waals surface area contributed by atoms with Gasteiger partial charge in [-0.2, -0.15) is 5.10 Å². The lowest BCUT2D eigenvalue weighted by molar-refractivity contribution is 0.0843. The Morgan fingerprint density at radius 2 is 1.97 bits per heavy atom. The zero-order valence-corrected chi connectivity index (χ0v) is 19.7. The van der Waals surface area contributed by atoms with Gasteiger partial charge in [-0.05, 0) is 62.6 Å². The molecule has 0 spiro atoms. The number of piperidine rings is 1. The van der Waals surface area contributed by atoms with Crippen LogP contribution in [0.25, 0.3) is 0 Å². The third-order valence-electron chi connectivity index (χ3n) is 7.26. The SMILES string of the molecule is CCCn1ncc(CN(CCOC)CC2CCCN(C3Cc4ccccc4C3)C2)c1C. The lowest BCUT2D eigenvalue weighted by Crippen LogP contribution is -2.46. The number of aromatic nitrogens is 2. The Labute approximate surface area is 188 Å². The first-order chi connectivity index (χ1) is 15.2. The van der Waals surface area contributed by atoms with Crippen LogP contribution in [0.3, 0.4) is 0 Å². The van der Waals surface area contributed by atoms with Crippen LogP contribution in [0.4, 0.5) is 0 Å². The van der Waals surface area contributed by atoms with Crippen LogP contribution in [0.15, 0.2) is 30.5 Å². The minimum atomic E-state index is 0.696. The zero-order valence-electron chi connectivity index (χ0n) is 19.7. The highest BCUT2D eigenvalue weighted by Gasteiger charge is 2.31. The molecule has 4 rings (SSSR count). The highest BCUT2D eigenvalue weighted by atomic mass is 16.5. The molecule has 1 unspecified atom stereocenters. The topological polar surface area (TPSA) is 33.5 Å². The number of hydrogen-bond donors (Lipinski definition) is 0. The number of nitrogens with zero attached hydrogens (tertiary/aromatic N) is 4. The summed E-state index contributed by atoms with van der Waals surface area (Å²) in [7, 11) is 1.81. The number of benzene rings is 1. The molecule has 1 aromatic carbocycles. The van der Waals surface area contributed by atoms with Crippen molar-refractivity contribution in [3.63, 3.8) is 0 Å². The monoisotopic (exact) mass is 424 g/mol. The van der Waals surface area contributed by atoms with Crippen LogP contribution in [0.5, 0.6) is 0 Å². The van der Waals surface area contributed by atoms with Gasteiger partial charge in [0.15, 0.2) is 0 Å². The maximum atomic E-state index is 5.44. The van der Waals surface area contributed by atoms with Crippen molar-refractivity contribution in [1.82, 2.24) is 19.6 Å². The van der Waals surface area contributed by atoms with E-state index < -0.39 is 0 Å². The van der Waals surface area contributed by atoms with Gasteiger partial charge >= 0.3 is 0 Å². The fourth-order valence-corrected chi connectivity index (χ4v) is 5.51. The highest BCUT2D eigenvalue weighted by molar-refractivity contribution is 5.33. The van der Waals surface area contributed by atoms with E-state index in [0.717, 1.165) is 45.1 Å². The molecule has 0 saturated carbocycles.